The van der Waals surface area contributed by atoms with Crippen LogP contribution in [0.1, 0.15) is 54.0 Å². The molecule has 1 unspecified atom stereocenters. The molecular weight excluding hydrogens is 328 g/mol. The summed E-state index contributed by atoms with van der Waals surface area (Å²) >= 11 is 0. The topological polar surface area (TPSA) is 55.8 Å². The van der Waals surface area contributed by atoms with Gasteiger partial charge in [-0.15, -0.1) is 0 Å². The van der Waals surface area contributed by atoms with E-state index in [1.165, 1.54) is 0 Å². The van der Waals surface area contributed by atoms with Gasteiger partial charge >= 0.3 is 0 Å². The summed E-state index contributed by atoms with van der Waals surface area (Å²) in [5.41, 5.74) is 0.439. The predicted octanol–water partition coefficient (Wildman–Crippen LogP) is 4.25. The lowest BCUT2D eigenvalue weighted by Gasteiger charge is -2.36. The Morgan fingerprint density at radius 3 is 2.19 bits per heavy atom. The van der Waals surface area contributed by atoms with E-state index < -0.39 is 17.4 Å². The normalized spacial score (nSPS) is 17.0. The number of carbonyl (C=O) groups is 1. The zero-order valence-electron chi connectivity index (χ0n) is 17.4. The summed E-state index contributed by atoms with van der Waals surface area (Å²) in [5, 5.41) is 10.6. The van der Waals surface area contributed by atoms with Crippen LogP contribution in [-0.4, -0.2) is 35.8 Å². The van der Waals surface area contributed by atoms with Crippen LogP contribution >= 0.6 is 0 Å². The Kier molecular flexibility index (Phi) is 8.94. The number of aliphatic hydroxyl groups excluding tert-OH is 1. The first kappa shape index (κ1) is 22.8. The van der Waals surface area contributed by atoms with Crippen molar-refractivity contribution in [1.82, 2.24) is 0 Å². The van der Waals surface area contributed by atoms with Crippen LogP contribution in [0.25, 0.3) is 0 Å². The highest BCUT2D eigenvalue weighted by Crippen LogP contribution is 2.31. The second kappa shape index (κ2) is 10.2. The molecule has 4 atom stereocenters. The molecule has 148 valence electrons. The van der Waals surface area contributed by atoms with Crippen molar-refractivity contribution in [1.29, 1.82) is 0 Å². The maximum Gasteiger partial charge on any atom is 0.146 e. The molecule has 0 saturated heterocycles. The summed E-state index contributed by atoms with van der Waals surface area (Å²) < 4.78 is 11.5. The molecule has 0 aliphatic carbocycles. The fourth-order valence-corrected chi connectivity index (χ4v) is 3.05. The van der Waals surface area contributed by atoms with Gasteiger partial charge in [0.25, 0.3) is 0 Å². The second-order valence-electron chi connectivity index (χ2n) is 8.17. The lowest BCUT2D eigenvalue weighted by molar-refractivity contribution is -0.146. The van der Waals surface area contributed by atoms with E-state index in [0.29, 0.717) is 13.2 Å². The molecule has 1 rings (SSSR count). The Bertz CT molecular complexity index is 538. The van der Waals surface area contributed by atoms with Gasteiger partial charge in [0, 0.05) is 17.3 Å². The molecule has 1 N–H and O–H groups in total. The number of aliphatic hydroxyl groups is 1. The molecule has 0 saturated carbocycles. The molecule has 0 aliphatic rings. The smallest absolute Gasteiger partial charge is 0.146 e. The zero-order chi connectivity index (χ0) is 19.9. The van der Waals surface area contributed by atoms with E-state index in [2.05, 4.69) is 0 Å². The van der Waals surface area contributed by atoms with Crippen molar-refractivity contribution in [3.8, 4) is 0 Å². The second-order valence-corrected chi connectivity index (χ2v) is 8.17. The van der Waals surface area contributed by atoms with Gasteiger partial charge < -0.3 is 14.6 Å². The molecule has 1 aromatic carbocycles. The maximum atomic E-state index is 12.9. The van der Waals surface area contributed by atoms with E-state index in [0.717, 1.165) is 5.56 Å². The van der Waals surface area contributed by atoms with Crippen LogP contribution in [0, 0.1) is 17.3 Å². The number of carbonyl (C=O) groups excluding carboxylic acids is 1. The monoisotopic (exact) mass is 364 g/mol. The average Bonchev–Trinajstić information content (AvgIpc) is 2.59. The van der Waals surface area contributed by atoms with Crippen LogP contribution in [0.3, 0.4) is 0 Å². The Morgan fingerprint density at radius 1 is 1.08 bits per heavy atom. The molecule has 0 fully saturated rings. The molecule has 0 aliphatic heterocycles. The molecule has 4 nitrogen and oxygen atoms in total. The highest BCUT2D eigenvalue weighted by molar-refractivity contribution is 5.87. The summed E-state index contributed by atoms with van der Waals surface area (Å²) in [6.45, 7) is 14.2. The lowest BCUT2D eigenvalue weighted by atomic mass is 9.74. The van der Waals surface area contributed by atoms with Crippen LogP contribution < -0.4 is 0 Å². The number of Topliss-reactive ketones (excluding diaryl/α,β-unsaturated/α-hetero) is 1. The first-order valence-corrected chi connectivity index (χ1v) is 9.56. The number of hydrogen-bond acceptors (Lipinski definition) is 4. The molecular formula is C22H36O4. The van der Waals surface area contributed by atoms with Gasteiger partial charge in [-0.05, 0) is 26.3 Å². The van der Waals surface area contributed by atoms with Gasteiger partial charge in [0.2, 0.25) is 0 Å². The molecule has 1 aromatic rings. The first-order chi connectivity index (χ1) is 12.1. The van der Waals surface area contributed by atoms with Crippen LogP contribution in [0.2, 0.25) is 0 Å². The van der Waals surface area contributed by atoms with Crippen LogP contribution in [0.5, 0.6) is 0 Å². The standard InChI is InChI=1S/C22H36O4/c1-15(2)26-18(5)22(6,7)21(24)17(4)20(23)16(3)13-25-14-19-11-9-8-10-12-19/h8-12,15-18,20,23H,13-14H2,1-7H3/t16-,17-,18?,20+/m0/s1. The number of benzene rings is 1. The summed E-state index contributed by atoms with van der Waals surface area (Å²) in [7, 11) is 0. The minimum atomic E-state index is -0.746. The van der Waals surface area contributed by atoms with Crippen molar-refractivity contribution in [2.24, 2.45) is 17.3 Å². The van der Waals surface area contributed by atoms with Gasteiger partial charge in [-0.25, -0.2) is 0 Å². The summed E-state index contributed by atoms with van der Waals surface area (Å²) in [6, 6.07) is 9.92. The highest BCUT2D eigenvalue weighted by Gasteiger charge is 2.40. The summed E-state index contributed by atoms with van der Waals surface area (Å²) in [6.07, 6.45) is -0.902. The highest BCUT2D eigenvalue weighted by atomic mass is 16.5. The molecule has 0 radical (unpaired) electrons. The minimum absolute atomic E-state index is 0.0214. The van der Waals surface area contributed by atoms with Gasteiger partial charge in [-0.1, -0.05) is 58.0 Å². The van der Waals surface area contributed by atoms with E-state index in [9.17, 15) is 9.90 Å². The Morgan fingerprint density at radius 2 is 1.65 bits per heavy atom. The van der Waals surface area contributed by atoms with Gasteiger partial charge in [-0.2, -0.15) is 0 Å². The largest absolute Gasteiger partial charge is 0.392 e. The zero-order valence-corrected chi connectivity index (χ0v) is 17.4. The fourth-order valence-electron chi connectivity index (χ4n) is 3.05. The van der Waals surface area contributed by atoms with E-state index >= 15 is 0 Å². The molecule has 0 amide bonds. The molecule has 0 bridgehead atoms. The summed E-state index contributed by atoms with van der Waals surface area (Å²) in [4.78, 5) is 12.9. The lowest BCUT2D eigenvalue weighted by Crippen LogP contribution is -2.45. The third kappa shape index (κ3) is 6.49. The van der Waals surface area contributed by atoms with Gasteiger partial charge in [0.05, 0.1) is 31.5 Å². The Labute approximate surface area is 158 Å². The van der Waals surface area contributed by atoms with Crippen molar-refractivity contribution >= 4 is 5.78 Å². The number of ether oxygens (including phenoxy) is 2. The van der Waals surface area contributed by atoms with Crippen molar-refractivity contribution in [3.05, 3.63) is 35.9 Å². The third-order valence-electron chi connectivity index (χ3n) is 5.13. The van der Waals surface area contributed by atoms with E-state index in [1.807, 2.05) is 71.9 Å². The van der Waals surface area contributed by atoms with E-state index in [1.54, 1.807) is 6.92 Å². The number of rotatable bonds is 11. The van der Waals surface area contributed by atoms with Crippen molar-refractivity contribution in [2.75, 3.05) is 6.61 Å². The minimum Gasteiger partial charge on any atom is -0.392 e. The SMILES string of the molecule is CC(C)OC(C)C(C)(C)C(=O)[C@@H](C)[C@H](O)[C@@H](C)COCc1ccccc1. The Hall–Kier alpha value is -1.23. The maximum absolute atomic E-state index is 12.9. The molecule has 0 spiro atoms. The predicted molar refractivity (Wildman–Crippen MR) is 105 cm³/mol. The number of ketones is 1. The van der Waals surface area contributed by atoms with Crippen LogP contribution in [0.4, 0.5) is 0 Å². The molecule has 26 heavy (non-hydrogen) atoms. The van der Waals surface area contributed by atoms with E-state index in [4.69, 9.17) is 9.47 Å². The van der Waals surface area contributed by atoms with Crippen molar-refractivity contribution in [3.63, 3.8) is 0 Å². The number of hydrogen-bond donors (Lipinski definition) is 1. The van der Waals surface area contributed by atoms with Gasteiger partial charge in [0.15, 0.2) is 0 Å². The Balaban J connectivity index is 2.58. The van der Waals surface area contributed by atoms with Gasteiger partial charge in [-0.3, -0.25) is 4.79 Å². The molecule has 0 aromatic heterocycles. The fraction of sp³-hybridized carbons (Fsp3) is 0.682. The summed E-state index contributed by atoms with van der Waals surface area (Å²) in [5.74, 6) is -0.582. The molecule has 4 heteroatoms. The third-order valence-corrected chi connectivity index (χ3v) is 5.13. The van der Waals surface area contributed by atoms with Gasteiger partial charge in [0.1, 0.15) is 5.78 Å². The van der Waals surface area contributed by atoms with Crippen LogP contribution in [-0.2, 0) is 20.9 Å². The quantitative estimate of drug-likeness (QED) is 0.638. The van der Waals surface area contributed by atoms with Crippen molar-refractivity contribution < 1.29 is 19.4 Å². The van der Waals surface area contributed by atoms with Crippen molar-refractivity contribution in [2.45, 2.75) is 73.4 Å². The van der Waals surface area contributed by atoms with Crippen LogP contribution in [0.15, 0.2) is 30.3 Å². The van der Waals surface area contributed by atoms with E-state index in [-0.39, 0.29) is 23.9 Å². The molecule has 0 heterocycles. The average molecular weight is 365 g/mol. The first-order valence-electron chi connectivity index (χ1n) is 9.56.